The van der Waals surface area contributed by atoms with Gasteiger partial charge in [0.25, 0.3) is 0 Å². The zero-order chi connectivity index (χ0) is 19.2. The van der Waals surface area contributed by atoms with Gasteiger partial charge in [-0.2, -0.15) is 5.26 Å². The summed E-state index contributed by atoms with van der Waals surface area (Å²) in [6.45, 7) is 5.87. The molecule has 0 radical (unpaired) electrons. The van der Waals surface area contributed by atoms with Crippen LogP contribution in [0.25, 0.3) is 10.9 Å². The van der Waals surface area contributed by atoms with E-state index in [9.17, 15) is 5.26 Å². The summed E-state index contributed by atoms with van der Waals surface area (Å²) in [4.78, 5) is 17.7. The van der Waals surface area contributed by atoms with E-state index in [2.05, 4.69) is 36.1 Å². The minimum Gasteiger partial charge on any atom is -0.384 e. The summed E-state index contributed by atoms with van der Waals surface area (Å²) < 4.78 is 0. The van der Waals surface area contributed by atoms with Crippen molar-refractivity contribution < 1.29 is 0 Å². The van der Waals surface area contributed by atoms with E-state index in [0.717, 1.165) is 68.2 Å². The van der Waals surface area contributed by atoms with Crippen LogP contribution < -0.4 is 10.2 Å². The number of nitrogens with zero attached hydrogens (tertiary/aromatic N) is 6. The second-order valence-electron chi connectivity index (χ2n) is 6.84. The van der Waals surface area contributed by atoms with Gasteiger partial charge >= 0.3 is 0 Å². The molecule has 0 amide bonds. The van der Waals surface area contributed by atoms with Gasteiger partial charge in [-0.25, -0.2) is 15.0 Å². The van der Waals surface area contributed by atoms with E-state index in [1.165, 1.54) is 0 Å². The first-order valence-corrected chi connectivity index (χ1v) is 9.61. The van der Waals surface area contributed by atoms with Crippen molar-refractivity contribution in [2.75, 3.05) is 49.5 Å². The Labute approximate surface area is 164 Å². The predicted octanol–water partition coefficient (Wildman–Crippen LogP) is 2.52. The van der Waals surface area contributed by atoms with Crippen molar-refractivity contribution in [3.63, 3.8) is 0 Å². The van der Waals surface area contributed by atoms with E-state index in [0.29, 0.717) is 5.69 Å². The van der Waals surface area contributed by atoms with Crippen LogP contribution >= 0.6 is 0 Å². The summed E-state index contributed by atoms with van der Waals surface area (Å²) in [5.74, 6) is 0.821. The molecule has 3 heterocycles. The lowest BCUT2D eigenvalue weighted by molar-refractivity contribution is 0.256. The van der Waals surface area contributed by atoms with Crippen molar-refractivity contribution in [1.29, 1.82) is 5.26 Å². The number of hydrogen-bond acceptors (Lipinski definition) is 7. The molecule has 2 aromatic heterocycles. The molecule has 0 spiro atoms. The highest BCUT2D eigenvalue weighted by Gasteiger charge is 2.18. The topological polar surface area (TPSA) is 81.0 Å². The quantitative estimate of drug-likeness (QED) is 0.665. The van der Waals surface area contributed by atoms with Crippen LogP contribution in [-0.2, 0) is 0 Å². The molecule has 0 atom stereocenters. The first-order chi connectivity index (χ1) is 13.8. The molecule has 0 bridgehead atoms. The van der Waals surface area contributed by atoms with Crippen LogP contribution in [0.15, 0.2) is 48.8 Å². The molecule has 0 aliphatic carbocycles. The van der Waals surface area contributed by atoms with Gasteiger partial charge in [-0.15, -0.1) is 0 Å². The molecule has 0 unspecified atom stereocenters. The van der Waals surface area contributed by atoms with Gasteiger partial charge in [0.2, 0.25) is 5.95 Å². The molecule has 142 valence electrons. The molecule has 1 N–H and O–H groups in total. The van der Waals surface area contributed by atoms with E-state index in [1.54, 1.807) is 12.4 Å². The van der Waals surface area contributed by atoms with E-state index < -0.39 is 0 Å². The molecule has 1 aliphatic heterocycles. The van der Waals surface area contributed by atoms with Gasteiger partial charge in [0.05, 0.1) is 5.52 Å². The molecule has 3 aromatic rings. The Morgan fingerprint density at radius 2 is 1.82 bits per heavy atom. The zero-order valence-electron chi connectivity index (χ0n) is 15.8. The number of piperazine rings is 1. The normalized spacial score (nSPS) is 14.8. The van der Waals surface area contributed by atoms with E-state index in [-0.39, 0.29) is 0 Å². The van der Waals surface area contributed by atoms with Gasteiger partial charge in [-0.05, 0) is 31.2 Å². The summed E-state index contributed by atoms with van der Waals surface area (Å²) >= 11 is 0. The minimum absolute atomic E-state index is 0.445. The zero-order valence-corrected chi connectivity index (χ0v) is 15.8. The molecule has 1 aliphatic rings. The van der Waals surface area contributed by atoms with Crippen molar-refractivity contribution in [2.24, 2.45) is 0 Å². The summed E-state index contributed by atoms with van der Waals surface area (Å²) in [5, 5.41) is 13.7. The van der Waals surface area contributed by atoms with Crippen LogP contribution in [0.4, 0.5) is 11.6 Å². The highest BCUT2D eigenvalue weighted by molar-refractivity contribution is 5.91. The summed E-state index contributed by atoms with van der Waals surface area (Å²) in [7, 11) is 0. The second-order valence-corrected chi connectivity index (χ2v) is 6.84. The molecular weight excluding hydrogens is 350 g/mol. The van der Waals surface area contributed by atoms with Gasteiger partial charge in [0.1, 0.15) is 11.8 Å². The number of anilines is 2. The molecule has 7 heteroatoms. The Balaban J connectivity index is 1.27. The number of nitriles is 1. The Morgan fingerprint density at radius 1 is 1.04 bits per heavy atom. The number of aromatic nitrogens is 3. The lowest BCUT2D eigenvalue weighted by atomic mass is 10.1. The maximum absolute atomic E-state index is 9.21. The number of benzene rings is 1. The van der Waals surface area contributed by atoms with Crippen molar-refractivity contribution >= 4 is 22.5 Å². The largest absolute Gasteiger partial charge is 0.384 e. The monoisotopic (exact) mass is 373 g/mol. The van der Waals surface area contributed by atoms with Crippen LogP contribution in [0, 0.1) is 11.3 Å². The van der Waals surface area contributed by atoms with Gasteiger partial charge < -0.3 is 10.2 Å². The Hall–Kier alpha value is -3.24. The van der Waals surface area contributed by atoms with Gasteiger partial charge in [0, 0.05) is 56.2 Å². The van der Waals surface area contributed by atoms with Crippen molar-refractivity contribution in [1.82, 2.24) is 19.9 Å². The number of rotatable bonds is 6. The molecular formula is C21H23N7. The van der Waals surface area contributed by atoms with Crippen LogP contribution in [0.2, 0.25) is 0 Å². The maximum Gasteiger partial charge on any atom is 0.225 e. The highest BCUT2D eigenvalue weighted by atomic mass is 15.3. The number of para-hydroxylation sites is 1. The van der Waals surface area contributed by atoms with E-state index in [1.807, 2.05) is 36.4 Å². The second kappa shape index (κ2) is 8.63. The Morgan fingerprint density at radius 3 is 2.61 bits per heavy atom. The molecule has 0 saturated carbocycles. The van der Waals surface area contributed by atoms with Crippen LogP contribution in [0.5, 0.6) is 0 Å². The molecule has 4 rings (SSSR count). The van der Waals surface area contributed by atoms with E-state index in [4.69, 9.17) is 0 Å². The third-order valence-electron chi connectivity index (χ3n) is 5.00. The van der Waals surface area contributed by atoms with Crippen molar-refractivity contribution in [3.8, 4) is 6.07 Å². The summed E-state index contributed by atoms with van der Waals surface area (Å²) in [5.41, 5.74) is 2.27. The maximum atomic E-state index is 9.21. The Kier molecular flexibility index (Phi) is 5.59. The SMILES string of the molecule is N#Cc1cc(NCCCN2CCN(c3ncccn3)CC2)c2ccccc2n1. The van der Waals surface area contributed by atoms with E-state index >= 15 is 0 Å². The van der Waals surface area contributed by atoms with Crippen LogP contribution in [-0.4, -0.2) is 59.1 Å². The van der Waals surface area contributed by atoms with Crippen LogP contribution in [0.3, 0.4) is 0 Å². The number of fused-ring (bicyclic) bond motifs is 1. The molecule has 1 saturated heterocycles. The highest BCUT2D eigenvalue weighted by Crippen LogP contribution is 2.22. The number of hydrogen-bond donors (Lipinski definition) is 1. The first-order valence-electron chi connectivity index (χ1n) is 9.61. The fourth-order valence-electron chi connectivity index (χ4n) is 3.53. The molecule has 1 aromatic carbocycles. The van der Waals surface area contributed by atoms with Crippen molar-refractivity contribution in [3.05, 3.63) is 54.5 Å². The van der Waals surface area contributed by atoms with Gasteiger partial charge in [-0.3, -0.25) is 4.90 Å². The fraction of sp³-hybridized carbons (Fsp3) is 0.333. The average molecular weight is 373 g/mol. The van der Waals surface area contributed by atoms with Gasteiger partial charge in [0.15, 0.2) is 0 Å². The lowest BCUT2D eigenvalue weighted by Crippen LogP contribution is -2.47. The third kappa shape index (κ3) is 4.18. The summed E-state index contributed by atoms with van der Waals surface area (Å²) in [6.07, 6.45) is 4.63. The van der Waals surface area contributed by atoms with Crippen molar-refractivity contribution in [2.45, 2.75) is 6.42 Å². The average Bonchev–Trinajstić information content (AvgIpc) is 2.77. The number of nitrogens with one attached hydrogen (secondary N) is 1. The molecule has 28 heavy (non-hydrogen) atoms. The Bertz CT molecular complexity index is 959. The van der Waals surface area contributed by atoms with Gasteiger partial charge in [-0.1, -0.05) is 18.2 Å². The standard InChI is InChI=1S/C21H23N7/c22-16-17-15-20(18-5-1-2-6-19(18)26-17)23-9-4-10-27-11-13-28(14-12-27)21-24-7-3-8-25-21/h1-3,5-8,15H,4,9-14H2,(H,23,26). The van der Waals surface area contributed by atoms with Crippen LogP contribution in [0.1, 0.15) is 12.1 Å². The first kappa shape index (κ1) is 18.1. The summed E-state index contributed by atoms with van der Waals surface area (Å²) in [6, 6.07) is 13.7. The fourth-order valence-corrected chi connectivity index (χ4v) is 3.53. The molecule has 1 fully saturated rings. The minimum atomic E-state index is 0.445. The molecule has 7 nitrogen and oxygen atoms in total. The lowest BCUT2D eigenvalue weighted by Gasteiger charge is -2.34. The third-order valence-corrected chi connectivity index (χ3v) is 5.00. The predicted molar refractivity (Wildman–Crippen MR) is 110 cm³/mol. The number of pyridine rings is 1. The smallest absolute Gasteiger partial charge is 0.225 e.